The minimum absolute atomic E-state index is 0.242. The molecule has 4 rings (SSSR count). The molecule has 1 saturated heterocycles. The Morgan fingerprint density at radius 3 is 2.68 bits per heavy atom. The fraction of sp³-hybridized carbons (Fsp3) is 0.412. The highest BCUT2D eigenvalue weighted by atomic mass is 16.5. The van der Waals surface area contributed by atoms with E-state index in [1.165, 1.54) is 25.5 Å². The van der Waals surface area contributed by atoms with Crippen molar-refractivity contribution in [3.05, 3.63) is 46.4 Å². The second-order valence-corrected chi connectivity index (χ2v) is 5.34. The van der Waals surface area contributed by atoms with Gasteiger partial charge in [0, 0.05) is 31.4 Å². The molecule has 0 spiro atoms. The molecule has 1 fully saturated rings. The summed E-state index contributed by atoms with van der Waals surface area (Å²) in [5.41, 5.74) is 3.01. The second-order valence-electron chi connectivity index (χ2n) is 5.34. The second kappa shape index (κ2) is 6.75. The van der Waals surface area contributed by atoms with Crippen molar-refractivity contribution >= 4 is 0 Å². The van der Waals surface area contributed by atoms with Gasteiger partial charge >= 0.3 is 5.69 Å². The first kappa shape index (κ1) is 14.8. The number of methoxy groups -OCH3 is 1. The summed E-state index contributed by atoms with van der Waals surface area (Å²) in [7, 11) is 1.52. The average molecular weight is 300 g/mol. The number of hydrogen-bond donors (Lipinski definition) is 0. The van der Waals surface area contributed by atoms with Gasteiger partial charge in [0.2, 0.25) is 5.88 Å². The van der Waals surface area contributed by atoms with Crippen LogP contribution in [-0.2, 0) is 17.7 Å². The largest absolute Gasteiger partial charge is 0.481 e. The van der Waals surface area contributed by atoms with Gasteiger partial charge in [-0.15, -0.1) is 0 Å². The first-order chi connectivity index (χ1) is 10.8. The van der Waals surface area contributed by atoms with Gasteiger partial charge in [-0.1, -0.05) is 24.3 Å². The van der Waals surface area contributed by atoms with Gasteiger partial charge in [-0.25, -0.2) is 4.79 Å². The average Bonchev–Trinajstić information content (AvgIpc) is 3.14. The van der Waals surface area contributed by atoms with Gasteiger partial charge in [0.25, 0.3) is 0 Å². The first-order valence-corrected chi connectivity index (χ1v) is 7.61. The van der Waals surface area contributed by atoms with E-state index in [0.717, 1.165) is 30.9 Å². The van der Waals surface area contributed by atoms with Crippen molar-refractivity contribution in [3.63, 3.8) is 0 Å². The molecular weight excluding hydrogens is 280 g/mol. The smallest absolute Gasteiger partial charge is 0.351 e. The van der Waals surface area contributed by atoms with Gasteiger partial charge in [-0.3, -0.25) is 4.57 Å². The molecule has 0 aliphatic carbocycles. The Labute approximate surface area is 129 Å². The number of benzene rings is 1. The molecule has 0 amide bonds. The van der Waals surface area contributed by atoms with E-state index in [4.69, 9.17) is 9.47 Å². The molecule has 1 aromatic carbocycles. The Morgan fingerprint density at radius 1 is 1.23 bits per heavy atom. The molecule has 2 aliphatic rings. The number of nitrogens with zero attached hydrogens (tertiary/aromatic N) is 2. The number of hydrogen-bond acceptors (Lipinski definition) is 4. The highest BCUT2D eigenvalue weighted by Crippen LogP contribution is 2.28. The predicted octanol–water partition coefficient (Wildman–Crippen LogP) is 2.27. The van der Waals surface area contributed by atoms with E-state index in [2.05, 4.69) is 11.1 Å². The topological polar surface area (TPSA) is 53.4 Å². The maximum atomic E-state index is 11.8. The van der Waals surface area contributed by atoms with Crippen LogP contribution in [-0.4, -0.2) is 29.9 Å². The molecule has 116 valence electrons. The molecule has 22 heavy (non-hydrogen) atoms. The fourth-order valence-corrected chi connectivity index (χ4v) is 2.76. The molecular formula is C17H20N2O3. The van der Waals surface area contributed by atoms with E-state index < -0.39 is 0 Å². The molecule has 0 atom stereocenters. The minimum Gasteiger partial charge on any atom is -0.481 e. The molecule has 5 heteroatoms. The third-order valence-electron chi connectivity index (χ3n) is 3.92. The normalized spacial score (nSPS) is 15.3. The van der Waals surface area contributed by atoms with Gasteiger partial charge in [-0.05, 0) is 24.8 Å². The Hall–Kier alpha value is -2.14. The van der Waals surface area contributed by atoms with Crippen LogP contribution in [0.3, 0.4) is 0 Å². The lowest BCUT2D eigenvalue weighted by Gasteiger charge is -2.21. The van der Waals surface area contributed by atoms with Crippen LogP contribution < -0.4 is 10.4 Å². The Kier molecular flexibility index (Phi) is 4.53. The number of ether oxygens (including phenoxy) is 2. The van der Waals surface area contributed by atoms with Crippen molar-refractivity contribution in [3.8, 4) is 17.1 Å². The molecule has 0 N–H and O–H groups in total. The highest BCUT2D eigenvalue weighted by Gasteiger charge is 2.17. The summed E-state index contributed by atoms with van der Waals surface area (Å²) in [4.78, 5) is 15.7. The molecule has 5 nitrogen and oxygen atoms in total. The van der Waals surface area contributed by atoms with Crippen molar-refractivity contribution in [2.75, 3.05) is 20.3 Å². The zero-order valence-electron chi connectivity index (χ0n) is 12.7. The number of fused-ring (bicyclic) bond motifs is 3. The Balaban J connectivity index is 0.000000246. The van der Waals surface area contributed by atoms with Gasteiger partial charge in [0.1, 0.15) is 0 Å². The van der Waals surface area contributed by atoms with Crippen molar-refractivity contribution in [2.24, 2.45) is 0 Å². The molecule has 2 aliphatic heterocycles. The van der Waals surface area contributed by atoms with Crippen LogP contribution in [0.5, 0.6) is 5.88 Å². The van der Waals surface area contributed by atoms with Crippen LogP contribution in [0.1, 0.15) is 18.4 Å². The number of aromatic nitrogens is 2. The van der Waals surface area contributed by atoms with Crippen LogP contribution >= 0.6 is 0 Å². The van der Waals surface area contributed by atoms with Crippen LogP contribution in [0, 0.1) is 0 Å². The van der Waals surface area contributed by atoms with Crippen molar-refractivity contribution < 1.29 is 9.47 Å². The summed E-state index contributed by atoms with van der Waals surface area (Å²) in [6.07, 6.45) is 3.43. The summed E-state index contributed by atoms with van der Waals surface area (Å²) in [5, 5.41) is 0. The summed E-state index contributed by atoms with van der Waals surface area (Å²) in [6.45, 7) is 2.68. The molecule has 0 radical (unpaired) electrons. The van der Waals surface area contributed by atoms with Crippen molar-refractivity contribution in [1.82, 2.24) is 9.55 Å². The zero-order chi connectivity index (χ0) is 15.4. The van der Waals surface area contributed by atoms with Crippen molar-refractivity contribution in [2.45, 2.75) is 25.8 Å². The molecule has 1 aromatic heterocycles. The lowest BCUT2D eigenvalue weighted by Crippen LogP contribution is -2.28. The summed E-state index contributed by atoms with van der Waals surface area (Å²) in [5.74, 6) is 0.373. The van der Waals surface area contributed by atoms with Crippen LogP contribution in [0.4, 0.5) is 0 Å². The Bertz CT molecular complexity index is 698. The Morgan fingerprint density at radius 2 is 2.00 bits per heavy atom. The number of aryl methyl sites for hydroxylation is 1. The molecule has 0 unspecified atom stereocenters. The predicted molar refractivity (Wildman–Crippen MR) is 84.2 cm³/mol. The molecule has 0 bridgehead atoms. The maximum absolute atomic E-state index is 11.8. The third kappa shape index (κ3) is 3.04. The third-order valence-corrected chi connectivity index (χ3v) is 3.92. The molecule has 0 saturated carbocycles. The van der Waals surface area contributed by atoms with E-state index in [0.29, 0.717) is 12.4 Å². The zero-order valence-corrected chi connectivity index (χ0v) is 12.7. The van der Waals surface area contributed by atoms with Gasteiger partial charge in [-0.2, -0.15) is 4.98 Å². The highest BCUT2D eigenvalue weighted by molar-refractivity contribution is 5.66. The minimum atomic E-state index is -0.242. The van der Waals surface area contributed by atoms with Crippen molar-refractivity contribution in [1.29, 1.82) is 0 Å². The van der Waals surface area contributed by atoms with Gasteiger partial charge in [0.05, 0.1) is 12.8 Å². The van der Waals surface area contributed by atoms with Crippen LogP contribution in [0.2, 0.25) is 0 Å². The van der Waals surface area contributed by atoms with Crippen LogP contribution in [0.25, 0.3) is 11.3 Å². The summed E-state index contributed by atoms with van der Waals surface area (Å²) in [6, 6.07) is 9.94. The lowest BCUT2D eigenvalue weighted by molar-refractivity contribution is 0.198. The maximum Gasteiger partial charge on any atom is 0.351 e. The SMILES string of the molecule is C1CCOC1.COc1cc2n(c(=O)n1)CCc1ccccc1-2. The van der Waals surface area contributed by atoms with E-state index >= 15 is 0 Å². The van der Waals surface area contributed by atoms with Gasteiger partial charge in [0.15, 0.2) is 0 Å². The standard InChI is InChI=1S/C13H12N2O2.C4H8O/c1-17-12-8-11-10-5-3-2-4-9(10)6-7-15(11)13(16)14-12;1-2-4-5-3-1/h2-5,8H,6-7H2,1H3;1-4H2. The molecule has 3 heterocycles. The first-order valence-electron chi connectivity index (χ1n) is 7.61. The van der Waals surface area contributed by atoms with E-state index in [-0.39, 0.29) is 5.69 Å². The van der Waals surface area contributed by atoms with E-state index in [9.17, 15) is 4.79 Å². The summed E-state index contributed by atoms with van der Waals surface area (Å²) >= 11 is 0. The number of rotatable bonds is 1. The van der Waals surface area contributed by atoms with Gasteiger partial charge < -0.3 is 9.47 Å². The lowest BCUT2D eigenvalue weighted by atomic mass is 9.98. The molecule has 2 aromatic rings. The quantitative estimate of drug-likeness (QED) is 0.811. The van der Waals surface area contributed by atoms with Crippen LogP contribution in [0.15, 0.2) is 35.1 Å². The monoisotopic (exact) mass is 300 g/mol. The van der Waals surface area contributed by atoms with E-state index in [1.54, 1.807) is 4.57 Å². The fourth-order valence-electron chi connectivity index (χ4n) is 2.76. The van der Waals surface area contributed by atoms with E-state index in [1.807, 2.05) is 24.3 Å². The summed E-state index contributed by atoms with van der Waals surface area (Å²) < 4.78 is 11.7.